The maximum absolute atomic E-state index is 12.7. The van der Waals surface area contributed by atoms with Crippen LogP contribution in [0.15, 0.2) is 53.4 Å². The van der Waals surface area contributed by atoms with E-state index in [-0.39, 0.29) is 17.4 Å². The summed E-state index contributed by atoms with van der Waals surface area (Å²) in [6.45, 7) is 10.3. The van der Waals surface area contributed by atoms with Crippen molar-refractivity contribution in [2.24, 2.45) is 0 Å². The lowest BCUT2D eigenvalue weighted by atomic mass is 9.86. The van der Waals surface area contributed by atoms with Gasteiger partial charge in [-0.05, 0) is 35.6 Å². The lowest BCUT2D eigenvalue weighted by Gasteiger charge is -2.21. The van der Waals surface area contributed by atoms with Gasteiger partial charge in [-0.1, -0.05) is 64.1 Å². The fourth-order valence-electron chi connectivity index (χ4n) is 2.64. The number of carbonyl (C=O) groups is 1. The van der Waals surface area contributed by atoms with Gasteiger partial charge < -0.3 is 5.32 Å². The molecule has 134 valence electrons. The average molecular weight is 358 g/mol. The Hall–Kier alpha value is -1.94. The third-order valence-corrected chi connectivity index (χ3v) is 5.63. The predicted octanol–water partition coefficient (Wildman–Crippen LogP) is 4.60. The zero-order chi connectivity index (χ0) is 18.6. The van der Waals surface area contributed by atoms with Crippen LogP contribution in [0, 0.1) is 0 Å². The van der Waals surface area contributed by atoms with Crippen LogP contribution in [-0.2, 0) is 16.2 Å². The van der Waals surface area contributed by atoms with Crippen LogP contribution in [0.1, 0.15) is 62.1 Å². The van der Waals surface area contributed by atoms with Crippen molar-refractivity contribution in [2.75, 3.05) is 5.75 Å². The van der Waals surface area contributed by atoms with E-state index < -0.39 is 10.8 Å². The molecule has 0 fully saturated rings. The number of benzene rings is 2. The summed E-state index contributed by atoms with van der Waals surface area (Å²) in [5.41, 5.74) is 2.91. The molecule has 0 saturated carbocycles. The Morgan fingerprint density at radius 3 is 2.24 bits per heavy atom. The van der Waals surface area contributed by atoms with Crippen molar-refractivity contribution in [2.45, 2.75) is 51.0 Å². The molecule has 1 N–H and O–H groups in total. The SMILES string of the molecule is CCS(=O)c1ccccc1C(=O)NC(C)c1ccc(C(C)(C)C)cc1. The number of carbonyl (C=O) groups excluding carboxylic acids is 1. The molecule has 0 radical (unpaired) electrons. The van der Waals surface area contributed by atoms with Crippen LogP contribution >= 0.6 is 0 Å². The number of hydrogen-bond acceptors (Lipinski definition) is 2. The van der Waals surface area contributed by atoms with Crippen molar-refractivity contribution in [3.8, 4) is 0 Å². The third kappa shape index (κ3) is 4.79. The van der Waals surface area contributed by atoms with Crippen LogP contribution in [0.3, 0.4) is 0 Å². The van der Waals surface area contributed by atoms with Crippen LogP contribution in [0.4, 0.5) is 0 Å². The van der Waals surface area contributed by atoms with E-state index in [1.165, 1.54) is 5.56 Å². The van der Waals surface area contributed by atoms with Gasteiger partial charge in [0.2, 0.25) is 0 Å². The summed E-state index contributed by atoms with van der Waals surface area (Å²) >= 11 is 0. The van der Waals surface area contributed by atoms with E-state index in [0.717, 1.165) is 5.56 Å². The largest absolute Gasteiger partial charge is 0.345 e. The Morgan fingerprint density at radius 1 is 1.08 bits per heavy atom. The molecule has 0 spiro atoms. The number of amides is 1. The summed E-state index contributed by atoms with van der Waals surface area (Å²) in [6, 6.07) is 15.3. The quantitative estimate of drug-likeness (QED) is 0.850. The van der Waals surface area contributed by atoms with Gasteiger partial charge in [-0.3, -0.25) is 9.00 Å². The minimum absolute atomic E-state index is 0.105. The second-order valence-corrected chi connectivity index (χ2v) is 8.91. The summed E-state index contributed by atoms with van der Waals surface area (Å²) in [6.07, 6.45) is 0. The summed E-state index contributed by atoms with van der Waals surface area (Å²) in [5, 5.41) is 3.02. The highest BCUT2D eigenvalue weighted by atomic mass is 32.2. The van der Waals surface area contributed by atoms with Gasteiger partial charge in [0.25, 0.3) is 5.91 Å². The maximum atomic E-state index is 12.7. The van der Waals surface area contributed by atoms with E-state index in [2.05, 4.69) is 50.4 Å². The third-order valence-electron chi connectivity index (χ3n) is 4.26. The summed E-state index contributed by atoms with van der Waals surface area (Å²) in [5.74, 6) is 0.304. The molecule has 2 aromatic carbocycles. The summed E-state index contributed by atoms with van der Waals surface area (Å²) < 4.78 is 12.2. The zero-order valence-corrected chi connectivity index (χ0v) is 16.4. The van der Waals surface area contributed by atoms with Crippen LogP contribution < -0.4 is 5.32 Å². The van der Waals surface area contributed by atoms with E-state index >= 15 is 0 Å². The first-order valence-electron chi connectivity index (χ1n) is 8.62. The molecule has 2 atom stereocenters. The Balaban J connectivity index is 2.17. The van der Waals surface area contributed by atoms with E-state index in [4.69, 9.17) is 0 Å². The molecule has 0 saturated heterocycles. The normalized spacial score (nSPS) is 14.0. The van der Waals surface area contributed by atoms with Gasteiger partial charge >= 0.3 is 0 Å². The minimum Gasteiger partial charge on any atom is -0.345 e. The number of hydrogen-bond donors (Lipinski definition) is 1. The van der Waals surface area contributed by atoms with Crippen LogP contribution in [0.5, 0.6) is 0 Å². The molecule has 2 rings (SSSR count). The molecule has 2 aromatic rings. The smallest absolute Gasteiger partial charge is 0.252 e. The van der Waals surface area contributed by atoms with Gasteiger partial charge in [0.05, 0.1) is 27.3 Å². The highest BCUT2D eigenvalue weighted by molar-refractivity contribution is 7.85. The molecular formula is C21H27NO2S. The molecule has 25 heavy (non-hydrogen) atoms. The van der Waals surface area contributed by atoms with Gasteiger partial charge in [-0.25, -0.2) is 0 Å². The van der Waals surface area contributed by atoms with Gasteiger partial charge in [0.15, 0.2) is 0 Å². The molecule has 0 aliphatic carbocycles. The van der Waals surface area contributed by atoms with E-state index in [1.807, 2.05) is 19.9 Å². The fourth-order valence-corrected chi connectivity index (χ4v) is 3.59. The molecule has 4 heteroatoms. The molecular weight excluding hydrogens is 330 g/mol. The van der Waals surface area contributed by atoms with E-state index in [1.54, 1.807) is 18.2 Å². The van der Waals surface area contributed by atoms with Crippen molar-refractivity contribution in [1.82, 2.24) is 5.32 Å². The molecule has 2 unspecified atom stereocenters. The first-order chi connectivity index (χ1) is 11.7. The molecule has 1 amide bonds. The Morgan fingerprint density at radius 2 is 1.68 bits per heavy atom. The first-order valence-corrected chi connectivity index (χ1v) is 9.94. The predicted molar refractivity (Wildman–Crippen MR) is 104 cm³/mol. The molecule has 3 nitrogen and oxygen atoms in total. The standard InChI is InChI=1S/C21H27NO2S/c1-6-25(24)19-10-8-7-9-18(19)20(23)22-15(2)16-11-13-17(14-12-16)21(3,4)5/h7-15H,6H2,1-5H3,(H,22,23). The van der Waals surface area contributed by atoms with E-state index in [9.17, 15) is 9.00 Å². The van der Waals surface area contributed by atoms with Crippen LogP contribution in [0.2, 0.25) is 0 Å². The minimum atomic E-state index is -1.16. The molecule has 0 aliphatic rings. The molecule has 0 aliphatic heterocycles. The van der Waals surface area contributed by atoms with E-state index in [0.29, 0.717) is 16.2 Å². The Labute approximate surface area is 153 Å². The molecule has 0 heterocycles. The lowest BCUT2D eigenvalue weighted by Crippen LogP contribution is -2.27. The second kappa shape index (κ2) is 7.96. The van der Waals surface area contributed by atoms with Crippen molar-refractivity contribution >= 4 is 16.7 Å². The monoisotopic (exact) mass is 357 g/mol. The molecule has 0 aromatic heterocycles. The summed E-state index contributed by atoms with van der Waals surface area (Å²) in [4.78, 5) is 13.2. The van der Waals surface area contributed by atoms with Gasteiger partial charge in [0, 0.05) is 5.75 Å². The summed E-state index contributed by atoms with van der Waals surface area (Å²) in [7, 11) is -1.16. The van der Waals surface area contributed by atoms with Crippen molar-refractivity contribution in [1.29, 1.82) is 0 Å². The van der Waals surface area contributed by atoms with Gasteiger partial charge in [-0.15, -0.1) is 0 Å². The second-order valence-electron chi connectivity index (χ2n) is 7.20. The van der Waals surface area contributed by atoms with Crippen LogP contribution in [-0.4, -0.2) is 15.9 Å². The Kier molecular flexibility index (Phi) is 6.17. The Bertz CT molecular complexity index is 760. The van der Waals surface area contributed by atoms with Crippen molar-refractivity contribution < 1.29 is 9.00 Å². The number of rotatable bonds is 5. The van der Waals surface area contributed by atoms with Crippen molar-refractivity contribution in [3.05, 3.63) is 65.2 Å². The highest BCUT2D eigenvalue weighted by Crippen LogP contribution is 2.24. The zero-order valence-electron chi connectivity index (χ0n) is 15.6. The topological polar surface area (TPSA) is 46.2 Å². The van der Waals surface area contributed by atoms with Crippen molar-refractivity contribution in [3.63, 3.8) is 0 Å². The first kappa shape index (κ1) is 19.4. The fraction of sp³-hybridized carbons (Fsp3) is 0.381. The number of nitrogens with one attached hydrogen (secondary N) is 1. The molecule has 0 bridgehead atoms. The average Bonchev–Trinajstić information content (AvgIpc) is 2.60. The highest BCUT2D eigenvalue weighted by Gasteiger charge is 2.18. The van der Waals surface area contributed by atoms with Crippen LogP contribution in [0.25, 0.3) is 0 Å². The lowest BCUT2D eigenvalue weighted by molar-refractivity contribution is 0.0936. The van der Waals surface area contributed by atoms with Gasteiger partial charge in [-0.2, -0.15) is 0 Å². The maximum Gasteiger partial charge on any atom is 0.252 e. The van der Waals surface area contributed by atoms with Gasteiger partial charge in [0.1, 0.15) is 0 Å².